The second kappa shape index (κ2) is 3.95. The molecule has 0 aliphatic carbocycles. The number of rotatable bonds is 1. The van der Waals surface area contributed by atoms with Crippen LogP contribution in [0.4, 0.5) is 0 Å². The Kier molecular flexibility index (Phi) is 2.83. The third-order valence-corrected chi connectivity index (χ3v) is 3.80. The number of nitrogens with zero attached hydrogens (tertiary/aromatic N) is 2. The molecule has 2 rings (SSSR count). The van der Waals surface area contributed by atoms with Gasteiger partial charge in [-0.2, -0.15) is 5.10 Å². The first-order valence-corrected chi connectivity index (χ1v) is 6.09. The second-order valence-corrected chi connectivity index (χ2v) is 5.16. The van der Waals surface area contributed by atoms with Crippen LogP contribution in [0.5, 0.6) is 0 Å². The van der Waals surface area contributed by atoms with Crippen molar-refractivity contribution in [2.45, 2.75) is 31.7 Å². The molecule has 4 heteroatoms. The summed E-state index contributed by atoms with van der Waals surface area (Å²) in [4.78, 5) is 0. The lowest BCUT2D eigenvalue weighted by atomic mass is 10.2. The van der Waals surface area contributed by atoms with Crippen molar-refractivity contribution in [1.29, 1.82) is 0 Å². The van der Waals surface area contributed by atoms with E-state index in [0.717, 1.165) is 5.69 Å². The van der Waals surface area contributed by atoms with Gasteiger partial charge in [-0.3, -0.25) is 10.00 Å². The summed E-state index contributed by atoms with van der Waals surface area (Å²) in [6, 6.07) is 0.626. The number of nitrogens with one attached hydrogen (secondary N) is 1. The van der Waals surface area contributed by atoms with Crippen LogP contribution in [-0.2, 0) is 7.05 Å². The van der Waals surface area contributed by atoms with Gasteiger partial charge in [0.15, 0.2) is 0 Å². The van der Waals surface area contributed by atoms with Crippen LogP contribution in [0.2, 0.25) is 0 Å². The first kappa shape index (κ1) is 10.1. The number of aryl methyl sites for hydroxylation is 2. The van der Waals surface area contributed by atoms with Crippen molar-refractivity contribution in [3.05, 3.63) is 17.5 Å². The van der Waals surface area contributed by atoms with E-state index < -0.39 is 0 Å². The minimum Gasteiger partial charge on any atom is -0.299 e. The van der Waals surface area contributed by atoms with Gasteiger partial charge in [0.1, 0.15) is 0 Å². The van der Waals surface area contributed by atoms with Crippen LogP contribution >= 0.6 is 11.8 Å². The zero-order chi connectivity index (χ0) is 10.1. The highest BCUT2D eigenvalue weighted by molar-refractivity contribution is 7.99. The standard InChI is InChI=1S/C10H17N3S/c1-7-4-5-14-10(11-7)9-6-13(3)12-8(9)2/h6-7,10-11H,4-5H2,1-3H3. The fourth-order valence-electron chi connectivity index (χ4n) is 1.81. The van der Waals surface area contributed by atoms with E-state index in [0.29, 0.717) is 11.4 Å². The predicted octanol–water partition coefficient (Wildman–Crippen LogP) is 1.84. The molecular weight excluding hydrogens is 194 g/mol. The highest BCUT2D eigenvalue weighted by Gasteiger charge is 2.22. The molecule has 0 amide bonds. The predicted molar refractivity (Wildman–Crippen MR) is 60.4 cm³/mol. The Labute approximate surface area is 89.3 Å². The van der Waals surface area contributed by atoms with Crippen LogP contribution in [0.1, 0.15) is 30.0 Å². The molecule has 2 unspecified atom stereocenters. The van der Waals surface area contributed by atoms with E-state index >= 15 is 0 Å². The lowest BCUT2D eigenvalue weighted by Crippen LogP contribution is -2.33. The molecule has 1 aromatic heterocycles. The maximum atomic E-state index is 4.37. The molecule has 3 nitrogen and oxygen atoms in total. The monoisotopic (exact) mass is 211 g/mol. The van der Waals surface area contributed by atoms with Gasteiger partial charge in [0.05, 0.1) is 11.1 Å². The summed E-state index contributed by atoms with van der Waals surface area (Å²) in [5.74, 6) is 1.24. The summed E-state index contributed by atoms with van der Waals surface area (Å²) < 4.78 is 1.90. The van der Waals surface area contributed by atoms with E-state index in [1.165, 1.54) is 17.7 Å². The summed E-state index contributed by atoms with van der Waals surface area (Å²) in [7, 11) is 1.98. The van der Waals surface area contributed by atoms with Crippen LogP contribution < -0.4 is 5.32 Å². The van der Waals surface area contributed by atoms with Crippen LogP contribution in [-0.4, -0.2) is 21.6 Å². The molecule has 0 radical (unpaired) electrons. The van der Waals surface area contributed by atoms with Crippen molar-refractivity contribution in [3.8, 4) is 0 Å². The second-order valence-electron chi connectivity index (χ2n) is 3.95. The van der Waals surface area contributed by atoms with Crippen molar-refractivity contribution >= 4 is 11.8 Å². The largest absolute Gasteiger partial charge is 0.299 e. The number of hydrogen-bond donors (Lipinski definition) is 1. The third kappa shape index (κ3) is 1.96. The Bertz CT molecular complexity index is 321. The molecule has 1 aliphatic rings. The van der Waals surface area contributed by atoms with Gasteiger partial charge in [-0.05, 0) is 26.0 Å². The first-order chi connectivity index (χ1) is 6.66. The van der Waals surface area contributed by atoms with Gasteiger partial charge in [0.2, 0.25) is 0 Å². The summed E-state index contributed by atoms with van der Waals surface area (Å²) in [5.41, 5.74) is 2.48. The van der Waals surface area contributed by atoms with Crippen molar-refractivity contribution in [2.24, 2.45) is 7.05 Å². The van der Waals surface area contributed by atoms with E-state index in [1.807, 2.05) is 23.5 Å². The lowest BCUT2D eigenvalue weighted by Gasteiger charge is -2.28. The van der Waals surface area contributed by atoms with Gasteiger partial charge in [-0.25, -0.2) is 0 Å². The Hall–Kier alpha value is -0.480. The molecule has 78 valence electrons. The molecule has 1 fully saturated rings. The average Bonchev–Trinajstić information content (AvgIpc) is 2.45. The summed E-state index contributed by atoms with van der Waals surface area (Å²) in [6.45, 7) is 4.33. The molecule has 0 spiro atoms. The Balaban J connectivity index is 2.17. The van der Waals surface area contributed by atoms with E-state index in [2.05, 4.69) is 30.5 Å². The zero-order valence-corrected chi connectivity index (χ0v) is 9.77. The van der Waals surface area contributed by atoms with Crippen molar-refractivity contribution in [1.82, 2.24) is 15.1 Å². The molecule has 14 heavy (non-hydrogen) atoms. The fraction of sp³-hybridized carbons (Fsp3) is 0.700. The topological polar surface area (TPSA) is 29.9 Å². The maximum absolute atomic E-state index is 4.37. The SMILES string of the molecule is Cc1nn(C)cc1C1NC(C)CCS1. The number of hydrogen-bond acceptors (Lipinski definition) is 3. The van der Waals surface area contributed by atoms with Gasteiger partial charge in [0, 0.05) is 24.8 Å². The van der Waals surface area contributed by atoms with Gasteiger partial charge in [-0.15, -0.1) is 11.8 Å². The molecule has 1 saturated heterocycles. The summed E-state index contributed by atoms with van der Waals surface area (Å²) in [5, 5.41) is 8.41. The Morgan fingerprint density at radius 2 is 2.43 bits per heavy atom. The highest BCUT2D eigenvalue weighted by Crippen LogP contribution is 2.32. The van der Waals surface area contributed by atoms with Crippen LogP contribution in [0.25, 0.3) is 0 Å². The van der Waals surface area contributed by atoms with Crippen molar-refractivity contribution in [3.63, 3.8) is 0 Å². The Morgan fingerprint density at radius 3 is 3.00 bits per heavy atom. The molecule has 0 saturated carbocycles. The van der Waals surface area contributed by atoms with Crippen LogP contribution in [0, 0.1) is 6.92 Å². The van der Waals surface area contributed by atoms with E-state index in [9.17, 15) is 0 Å². The minimum absolute atomic E-state index is 0.437. The molecular formula is C10H17N3S. The Morgan fingerprint density at radius 1 is 1.64 bits per heavy atom. The van der Waals surface area contributed by atoms with Gasteiger partial charge >= 0.3 is 0 Å². The number of aromatic nitrogens is 2. The third-order valence-electron chi connectivity index (χ3n) is 2.61. The van der Waals surface area contributed by atoms with Crippen LogP contribution in [0.15, 0.2) is 6.20 Å². The molecule has 2 atom stereocenters. The quantitative estimate of drug-likeness (QED) is 0.768. The minimum atomic E-state index is 0.437. The molecule has 1 N–H and O–H groups in total. The molecule has 1 aliphatic heterocycles. The lowest BCUT2D eigenvalue weighted by molar-refractivity contribution is 0.511. The zero-order valence-electron chi connectivity index (χ0n) is 8.95. The smallest absolute Gasteiger partial charge is 0.0824 e. The molecule has 0 aromatic carbocycles. The van der Waals surface area contributed by atoms with E-state index in [4.69, 9.17) is 0 Å². The fourth-order valence-corrected chi connectivity index (χ4v) is 3.27. The normalized spacial score (nSPS) is 27.9. The molecule has 0 bridgehead atoms. The van der Waals surface area contributed by atoms with Crippen LogP contribution in [0.3, 0.4) is 0 Å². The van der Waals surface area contributed by atoms with Crippen molar-refractivity contribution < 1.29 is 0 Å². The summed E-state index contributed by atoms with van der Waals surface area (Å²) in [6.07, 6.45) is 3.39. The van der Waals surface area contributed by atoms with Crippen molar-refractivity contribution in [2.75, 3.05) is 5.75 Å². The molecule has 1 aromatic rings. The average molecular weight is 211 g/mol. The highest BCUT2D eigenvalue weighted by atomic mass is 32.2. The van der Waals surface area contributed by atoms with E-state index in [-0.39, 0.29) is 0 Å². The number of thioether (sulfide) groups is 1. The first-order valence-electron chi connectivity index (χ1n) is 5.04. The maximum Gasteiger partial charge on any atom is 0.0824 e. The van der Waals surface area contributed by atoms with Gasteiger partial charge in [-0.1, -0.05) is 0 Å². The van der Waals surface area contributed by atoms with E-state index in [1.54, 1.807) is 0 Å². The molecule has 2 heterocycles. The summed E-state index contributed by atoms with van der Waals surface area (Å²) >= 11 is 1.98. The van der Waals surface area contributed by atoms with Gasteiger partial charge in [0.25, 0.3) is 0 Å². The van der Waals surface area contributed by atoms with Gasteiger partial charge < -0.3 is 0 Å².